The molecule has 0 radical (unpaired) electrons. The molecule has 1 unspecified atom stereocenters. The van der Waals surface area contributed by atoms with Gasteiger partial charge in [0.05, 0.1) is 18.0 Å². The van der Waals surface area contributed by atoms with Crippen molar-refractivity contribution in [1.29, 1.82) is 0 Å². The first-order valence-electron chi connectivity index (χ1n) is 12.6. The second kappa shape index (κ2) is 12.1. The van der Waals surface area contributed by atoms with E-state index in [1.165, 1.54) is 10.4 Å². The van der Waals surface area contributed by atoms with Crippen LogP contribution in [0.4, 0.5) is 0 Å². The third-order valence-electron chi connectivity index (χ3n) is 6.11. The second-order valence-corrected chi connectivity index (χ2v) is 19.5. The van der Waals surface area contributed by atoms with E-state index in [9.17, 15) is 5.21 Å². The molecule has 2 aromatic carbocycles. The number of oxime groups is 1. The van der Waals surface area contributed by atoms with Gasteiger partial charge in [-0.25, -0.2) is 4.98 Å². The SMILES string of the molecule is CC(=NO)c1ncc(C(O[SiH](c2ccccc2)c2ccccc2)C(C)(C)C)n1COCC[Si](C)(C)C. The van der Waals surface area contributed by atoms with Gasteiger partial charge in [-0.15, -0.1) is 0 Å². The number of rotatable bonds is 11. The van der Waals surface area contributed by atoms with Gasteiger partial charge in [-0.1, -0.05) is 106 Å². The molecule has 0 fully saturated rings. The first kappa shape index (κ1) is 28.1. The van der Waals surface area contributed by atoms with Gasteiger partial charge in [-0.3, -0.25) is 0 Å². The highest BCUT2D eigenvalue weighted by molar-refractivity contribution is 6.80. The summed E-state index contributed by atoms with van der Waals surface area (Å²) >= 11 is 0. The minimum absolute atomic E-state index is 0.216. The largest absolute Gasteiger partial charge is 0.411 e. The van der Waals surface area contributed by atoms with Crippen molar-refractivity contribution in [3.8, 4) is 0 Å². The Kier molecular flexibility index (Phi) is 9.46. The smallest absolute Gasteiger partial charge is 0.240 e. The fourth-order valence-electron chi connectivity index (χ4n) is 4.06. The quantitative estimate of drug-likeness (QED) is 0.126. The summed E-state index contributed by atoms with van der Waals surface area (Å²) in [7, 11) is -3.25. The van der Waals surface area contributed by atoms with Gasteiger partial charge in [0.1, 0.15) is 12.4 Å². The molecule has 0 aliphatic carbocycles. The Morgan fingerprint density at radius 1 is 1.03 bits per heavy atom. The van der Waals surface area contributed by atoms with Gasteiger partial charge in [0.25, 0.3) is 0 Å². The highest BCUT2D eigenvalue weighted by atomic mass is 28.3. The molecule has 36 heavy (non-hydrogen) atoms. The summed E-state index contributed by atoms with van der Waals surface area (Å²) in [4.78, 5) is 4.64. The van der Waals surface area contributed by atoms with Gasteiger partial charge >= 0.3 is 0 Å². The van der Waals surface area contributed by atoms with Crippen molar-refractivity contribution < 1.29 is 14.4 Å². The first-order chi connectivity index (χ1) is 17.0. The molecule has 1 atom stereocenters. The maximum absolute atomic E-state index is 9.52. The van der Waals surface area contributed by atoms with Crippen LogP contribution >= 0.6 is 0 Å². The second-order valence-electron chi connectivity index (χ2n) is 11.6. The summed E-state index contributed by atoms with van der Waals surface area (Å²) in [5, 5.41) is 15.4. The van der Waals surface area contributed by atoms with Crippen LogP contribution in [-0.2, 0) is 15.9 Å². The maximum atomic E-state index is 9.52. The predicted molar refractivity (Wildman–Crippen MR) is 153 cm³/mol. The molecule has 0 saturated carbocycles. The molecule has 1 aromatic heterocycles. The lowest BCUT2D eigenvalue weighted by Gasteiger charge is -2.35. The van der Waals surface area contributed by atoms with Crippen LogP contribution in [0, 0.1) is 5.41 Å². The van der Waals surface area contributed by atoms with Crippen LogP contribution in [0.3, 0.4) is 0 Å². The Morgan fingerprint density at radius 3 is 2.06 bits per heavy atom. The zero-order valence-corrected chi connectivity index (χ0v) is 24.9. The summed E-state index contributed by atoms with van der Waals surface area (Å²) in [6, 6.07) is 22.1. The highest BCUT2D eigenvalue weighted by Gasteiger charge is 2.35. The molecule has 1 heterocycles. The topological polar surface area (TPSA) is 68.9 Å². The summed E-state index contributed by atoms with van der Waals surface area (Å²) in [5.74, 6) is 0.594. The molecule has 0 saturated heterocycles. The van der Waals surface area contributed by atoms with Crippen LogP contribution in [0.15, 0.2) is 72.0 Å². The molecule has 194 valence electrons. The Morgan fingerprint density at radius 2 is 1.58 bits per heavy atom. The van der Waals surface area contributed by atoms with Crippen molar-refractivity contribution in [3.63, 3.8) is 0 Å². The van der Waals surface area contributed by atoms with E-state index in [1.54, 1.807) is 6.92 Å². The normalized spacial score (nSPS) is 13.8. The Balaban J connectivity index is 2.02. The molecule has 0 aliphatic heterocycles. The average Bonchev–Trinajstić information content (AvgIpc) is 3.25. The van der Waals surface area contributed by atoms with Gasteiger partial charge in [0.2, 0.25) is 9.04 Å². The number of hydrogen-bond acceptors (Lipinski definition) is 5. The van der Waals surface area contributed by atoms with Crippen molar-refractivity contribution in [1.82, 2.24) is 9.55 Å². The van der Waals surface area contributed by atoms with Gasteiger partial charge in [-0.05, 0) is 28.8 Å². The zero-order chi connectivity index (χ0) is 26.3. The van der Waals surface area contributed by atoms with Crippen molar-refractivity contribution >= 4 is 33.2 Å². The number of imidazole rings is 1. The number of aromatic nitrogens is 2. The molecule has 3 rings (SSSR count). The van der Waals surface area contributed by atoms with Crippen molar-refractivity contribution in [3.05, 3.63) is 78.4 Å². The van der Waals surface area contributed by atoms with Crippen LogP contribution in [0.25, 0.3) is 0 Å². The minimum Gasteiger partial charge on any atom is -0.411 e. The maximum Gasteiger partial charge on any atom is 0.240 e. The van der Waals surface area contributed by atoms with E-state index in [0.717, 1.165) is 11.7 Å². The van der Waals surface area contributed by atoms with Gasteiger partial charge < -0.3 is 18.9 Å². The Labute approximate surface area is 218 Å². The molecule has 0 aliphatic rings. The molecule has 1 N–H and O–H groups in total. The molecule has 0 amide bonds. The van der Waals surface area contributed by atoms with Gasteiger partial charge in [0, 0.05) is 14.7 Å². The number of hydrogen-bond donors (Lipinski definition) is 1. The van der Waals surface area contributed by atoms with Crippen LogP contribution in [0.5, 0.6) is 0 Å². The summed E-state index contributed by atoms with van der Waals surface area (Å²) in [5.41, 5.74) is 1.16. The molecule has 8 heteroatoms. The number of nitrogens with zero attached hydrogens (tertiary/aromatic N) is 3. The molecular formula is C28H41N3O3Si2. The lowest BCUT2D eigenvalue weighted by atomic mass is 9.87. The number of benzene rings is 2. The van der Waals surface area contributed by atoms with Crippen molar-refractivity contribution in [2.75, 3.05) is 6.61 Å². The Bertz CT molecular complexity index is 1080. The van der Waals surface area contributed by atoms with Crippen LogP contribution in [-0.4, -0.2) is 44.2 Å². The molecule has 0 spiro atoms. The predicted octanol–water partition coefficient (Wildman–Crippen LogP) is 5.04. The monoisotopic (exact) mass is 523 g/mol. The first-order valence-corrected chi connectivity index (χ1v) is 17.9. The fraction of sp³-hybridized carbons (Fsp3) is 0.429. The van der Waals surface area contributed by atoms with E-state index in [4.69, 9.17) is 9.16 Å². The third kappa shape index (κ3) is 7.49. The van der Waals surface area contributed by atoms with E-state index in [-0.39, 0.29) is 11.5 Å². The highest BCUT2D eigenvalue weighted by Crippen LogP contribution is 2.37. The lowest BCUT2D eigenvalue weighted by molar-refractivity contribution is 0.0549. The summed E-state index contributed by atoms with van der Waals surface area (Å²) in [6.45, 7) is 16.4. The summed E-state index contributed by atoms with van der Waals surface area (Å²) < 4.78 is 15.3. The standard InChI is InChI=1S/C28H41N3O3Si2/c1-22(30-32)27-29-20-25(31(27)21-33-18-19-36(5,6)7)26(28(2,3)4)34-35(23-14-10-8-11-15-23)24-16-12-9-13-17-24/h8-17,20,26,32,35H,18-19,21H2,1-7H3. The lowest BCUT2D eigenvalue weighted by Crippen LogP contribution is -2.47. The molecule has 6 nitrogen and oxygen atoms in total. The van der Waals surface area contributed by atoms with E-state index in [2.05, 4.69) is 99.1 Å². The number of ether oxygens (including phenoxy) is 1. The summed E-state index contributed by atoms with van der Waals surface area (Å²) in [6.07, 6.45) is 1.60. The Hall–Kier alpha value is -2.53. The molecule has 3 aromatic rings. The van der Waals surface area contributed by atoms with Crippen molar-refractivity contribution in [2.24, 2.45) is 10.6 Å². The zero-order valence-electron chi connectivity index (χ0n) is 22.7. The van der Waals surface area contributed by atoms with Crippen LogP contribution in [0.1, 0.15) is 45.3 Å². The van der Waals surface area contributed by atoms with Crippen LogP contribution in [0.2, 0.25) is 25.7 Å². The van der Waals surface area contributed by atoms with Gasteiger partial charge in [0.15, 0.2) is 5.82 Å². The fourth-order valence-corrected chi connectivity index (χ4v) is 7.48. The van der Waals surface area contributed by atoms with E-state index < -0.39 is 17.1 Å². The van der Waals surface area contributed by atoms with Crippen LogP contribution < -0.4 is 10.4 Å². The van der Waals surface area contributed by atoms with Crippen molar-refractivity contribution in [2.45, 2.75) is 66.2 Å². The van der Waals surface area contributed by atoms with E-state index >= 15 is 0 Å². The van der Waals surface area contributed by atoms with E-state index in [0.29, 0.717) is 24.9 Å². The third-order valence-corrected chi connectivity index (χ3v) is 10.3. The average molecular weight is 524 g/mol. The minimum atomic E-state index is -2.03. The molecule has 0 bridgehead atoms. The van der Waals surface area contributed by atoms with Gasteiger partial charge in [-0.2, -0.15) is 0 Å². The van der Waals surface area contributed by atoms with E-state index in [1.807, 2.05) is 22.9 Å². The molecular weight excluding hydrogens is 482 g/mol.